The minimum Gasteiger partial charge on any atom is -0.250 e. The minimum absolute atomic E-state index is 1.07. The molecule has 0 unspecified atom stereocenters. The highest BCUT2D eigenvalue weighted by atomic mass is 14.8. The van der Waals surface area contributed by atoms with Gasteiger partial charge >= 0.3 is 0 Å². The second-order valence-electron chi connectivity index (χ2n) is 1.48. The molecule has 1 rings (SSSR count). The van der Waals surface area contributed by atoms with Gasteiger partial charge in [-0.3, -0.25) is 4.98 Å². The number of aryl methyl sites for hydroxylation is 1. The second-order valence-corrected chi connectivity index (χ2v) is 1.48. The van der Waals surface area contributed by atoms with Crippen molar-refractivity contribution in [1.29, 1.82) is 0 Å². The van der Waals surface area contributed by atoms with Crippen LogP contribution >= 0.6 is 0 Å². The van der Waals surface area contributed by atoms with Crippen molar-refractivity contribution in [1.82, 2.24) is 4.98 Å². The SMILES string of the molecule is CCc1c[nH+]c[nH]1. The van der Waals surface area contributed by atoms with Gasteiger partial charge in [0.1, 0.15) is 11.9 Å². The molecule has 38 valence electrons. The molecule has 7 heavy (non-hydrogen) atoms. The van der Waals surface area contributed by atoms with Crippen LogP contribution in [0.2, 0.25) is 0 Å². The summed E-state index contributed by atoms with van der Waals surface area (Å²) in [5, 5.41) is 0. The highest BCUT2D eigenvalue weighted by Crippen LogP contribution is 1.84. The Morgan fingerprint density at radius 2 is 2.71 bits per heavy atom. The van der Waals surface area contributed by atoms with Crippen LogP contribution in [-0.4, -0.2) is 4.98 Å². The van der Waals surface area contributed by atoms with Crippen LogP contribution in [0.4, 0.5) is 0 Å². The summed E-state index contributed by atoms with van der Waals surface area (Å²) >= 11 is 0. The molecular weight excluding hydrogens is 88.1 g/mol. The molecule has 2 N–H and O–H groups in total. The van der Waals surface area contributed by atoms with Gasteiger partial charge in [-0.15, -0.1) is 0 Å². The lowest BCUT2D eigenvalue weighted by Gasteiger charge is -1.72. The van der Waals surface area contributed by atoms with E-state index in [0.717, 1.165) is 6.42 Å². The molecule has 0 amide bonds. The Hall–Kier alpha value is -0.790. The molecule has 0 aromatic carbocycles. The zero-order valence-corrected chi connectivity index (χ0v) is 4.36. The van der Waals surface area contributed by atoms with Crippen molar-refractivity contribution < 1.29 is 4.98 Å². The molecule has 0 spiro atoms. The van der Waals surface area contributed by atoms with Gasteiger partial charge in [0.2, 0.25) is 6.33 Å². The average molecular weight is 97.1 g/mol. The summed E-state index contributed by atoms with van der Waals surface area (Å²) < 4.78 is 0. The van der Waals surface area contributed by atoms with Crippen molar-refractivity contribution >= 4 is 0 Å². The maximum atomic E-state index is 3.03. The first-order valence-corrected chi connectivity index (χ1v) is 2.47. The summed E-state index contributed by atoms with van der Waals surface area (Å²) in [7, 11) is 0. The Morgan fingerprint density at radius 1 is 1.86 bits per heavy atom. The first kappa shape index (κ1) is 4.37. The molecule has 0 aliphatic rings. The number of aromatic nitrogens is 2. The van der Waals surface area contributed by atoms with Crippen molar-refractivity contribution in [3.8, 4) is 0 Å². The zero-order chi connectivity index (χ0) is 5.11. The number of aromatic amines is 2. The third kappa shape index (κ3) is 0.796. The standard InChI is InChI=1S/C5H8N2/c1-2-5-3-6-4-7-5/h3-4H,2H2,1H3,(H,6,7)/p+1. The Balaban J connectivity index is 2.76. The first-order chi connectivity index (χ1) is 3.43. The fourth-order valence-electron chi connectivity index (χ4n) is 0.522. The number of rotatable bonds is 1. The monoisotopic (exact) mass is 97.1 g/mol. The molecule has 0 fully saturated rings. The lowest BCUT2D eigenvalue weighted by molar-refractivity contribution is -0.376. The van der Waals surface area contributed by atoms with Gasteiger partial charge in [0, 0.05) is 6.42 Å². The topological polar surface area (TPSA) is 29.9 Å². The van der Waals surface area contributed by atoms with E-state index in [1.807, 2.05) is 12.5 Å². The molecule has 2 heteroatoms. The van der Waals surface area contributed by atoms with Crippen molar-refractivity contribution in [2.24, 2.45) is 0 Å². The van der Waals surface area contributed by atoms with Crippen LogP contribution in [0.25, 0.3) is 0 Å². The number of hydrogen-bond donors (Lipinski definition) is 1. The van der Waals surface area contributed by atoms with E-state index in [1.54, 1.807) is 0 Å². The zero-order valence-electron chi connectivity index (χ0n) is 4.36. The minimum atomic E-state index is 1.07. The lowest BCUT2D eigenvalue weighted by atomic mass is 10.4. The predicted octanol–water partition coefficient (Wildman–Crippen LogP) is 0.391. The van der Waals surface area contributed by atoms with Crippen LogP contribution < -0.4 is 4.98 Å². The van der Waals surface area contributed by atoms with Gasteiger partial charge < -0.3 is 0 Å². The van der Waals surface area contributed by atoms with Crippen LogP contribution in [0.5, 0.6) is 0 Å². The fourth-order valence-corrected chi connectivity index (χ4v) is 0.522. The van der Waals surface area contributed by atoms with Gasteiger partial charge in [-0.05, 0) is 0 Å². The van der Waals surface area contributed by atoms with Gasteiger partial charge in [-0.2, -0.15) is 0 Å². The molecule has 0 bridgehead atoms. The van der Waals surface area contributed by atoms with Crippen LogP contribution in [-0.2, 0) is 6.42 Å². The summed E-state index contributed by atoms with van der Waals surface area (Å²) in [4.78, 5) is 5.96. The highest BCUT2D eigenvalue weighted by Gasteiger charge is 1.89. The van der Waals surface area contributed by atoms with Crippen LogP contribution in [0.3, 0.4) is 0 Å². The summed E-state index contributed by atoms with van der Waals surface area (Å²) in [6.45, 7) is 2.11. The van der Waals surface area contributed by atoms with E-state index in [1.165, 1.54) is 5.69 Å². The molecule has 0 radical (unpaired) electrons. The maximum Gasteiger partial charge on any atom is 0.239 e. The third-order valence-electron chi connectivity index (χ3n) is 0.979. The first-order valence-electron chi connectivity index (χ1n) is 2.47. The van der Waals surface area contributed by atoms with Crippen molar-refractivity contribution in [3.63, 3.8) is 0 Å². The Bertz CT molecular complexity index is 121. The van der Waals surface area contributed by atoms with E-state index in [0.29, 0.717) is 0 Å². The van der Waals surface area contributed by atoms with E-state index < -0.39 is 0 Å². The number of imidazole rings is 1. The summed E-state index contributed by atoms with van der Waals surface area (Å²) in [6.07, 6.45) is 4.85. The molecule has 2 nitrogen and oxygen atoms in total. The molecule has 1 heterocycles. The van der Waals surface area contributed by atoms with Crippen molar-refractivity contribution in [3.05, 3.63) is 18.2 Å². The Kier molecular flexibility index (Phi) is 1.11. The van der Waals surface area contributed by atoms with Gasteiger partial charge in [-0.25, -0.2) is 4.98 Å². The Labute approximate surface area is 42.6 Å². The maximum absolute atomic E-state index is 3.03. The summed E-state index contributed by atoms with van der Waals surface area (Å²) in [5.41, 5.74) is 1.25. The van der Waals surface area contributed by atoms with E-state index >= 15 is 0 Å². The van der Waals surface area contributed by atoms with E-state index in [-0.39, 0.29) is 0 Å². The molecule has 0 aliphatic heterocycles. The average Bonchev–Trinajstić information content (AvgIpc) is 2.14. The second kappa shape index (κ2) is 1.78. The molecule has 0 saturated heterocycles. The van der Waals surface area contributed by atoms with Gasteiger partial charge in [0.15, 0.2) is 0 Å². The largest absolute Gasteiger partial charge is 0.250 e. The van der Waals surface area contributed by atoms with Gasteiger partial charge in [-0.1, -0.05) is 6.92 Å². The van der Waals surface area contributed by atoms with Crippen LogP contribution in [0, 0.1) is 0 Å². The summed E-state index contributed by atoms with van der Waals surface area (Å²) in [5.74, 6) is 0. The Morgan fingerprint density at radius 3 is 3.00 bits per heavy atom. The van der Waals surface area contributed by atoms with E-state index in [4.69, 9.17) is 0 Å². The molecule has 0 atom stereocenters. The lowest BCUT2D eigenvalue weighted by Crippen LogP contribution is -1.89. The van der Waals surface area contributed by atoms with Crippen LogP contribution in [0.15, 0.2) is 12.5 Å². The fraction of sp³-hybridized carbons (Fsp3) is 0.400. The van der Waals surface area contributed by atoms with E-state index in [2.05, 4.69) is 16.9 Å². The predicted molar refractivity (Wildman–Crippen MR) is 26.7 cm³/mol. The number of hydrogen-bond acceptors (Lipinski definition) is 0. The molecule has 0 aliphatic carbocycles. The van der Waals surface area contributed by atoms with Gasteiger partial charge in [0.25, 0.3) is 0 Å². The van der Waals surface area contributed by atoms with E-state index in [9.17, 15) is 0 Å². The quantitative estimate of drug-likeness (QED) is 0.525. The number of H-pyrrole nitrogens is 2. The molecule has 0 saturated carbocycles. The number of nitrogens with one attached hydrogen (secondary N) is 2. The highest BCUT2D eigenvalue weighted by molar-refractivity contribution is 4.86. The van der Waals surface area contributed by atoms with Crippen molar-refractivity contribution in [2.45, 2.75) is 13.3 Å². The third-order valence-corrected chi connectivity index (χ3v) is 0.979. The van der Waals surface area contributed by atoms with Crippen molar-refractivity contribution in [2.75, 3.05) is 0 Å². The molecule has 1 aromatic heterocycles. The van der Waals surface area contributed by atoms with Crippen LogP contribution in [0.1, 0.15) is 12.6 Å². The molecule has 1 aromatic rings. The summed E-state index contributed by atoms with van der Waals surface area (Å²) in [6, 6.07) is 0. The van der Waals surface area contributed by atoms with Gasteiger partial charge in [0.05, 0.1) is 0 Å². The normalized spacial score (nSPS) is 9.29. The molecular formula is C5H9N2+. The smallest absolute Gasteiger partial charge is 0.239 e.